The summed E-state index contributed by atoms with van der Waals surface area (Å²) in [5, 5.41) is 22.9. The van der Waals surface area contributed by atoms with Gasteiger partial charge in [-0.15, -0.1) is 0 Å². The maximum absolute atomic E-state index is 12.9. The van der Waals surface area contributed by atoms with E-state index in [9.17, 15) is 24.6 Å². The van der Waals surface area contributed by atoms with Crippen LogP contribution in [-0.2, 0) is 23.9 Å². The van der Waals surface area contributed by atoms with Gasteiger partial charge in [0.1, 0.15) is 11.4 Å². The Hall–Kier alpha value is -1.99. The molecule has 0 radical (unpaired) electrons. The molecule has 0 bridgehead atoms. The largest absolute Gasteiger partial charge is 0.458 e. The van der Waals surface area contributed by atoms with E-state index in [4.69, 9.17) is 9.47 Å². The van der Waals surface area contributed by atoms with E-state index < -0.39 is 35.5 Å². The lowest BCUT2D eigenvalue weighted by Crippen LogP contribution is -2.61. The average molecular weight is 447 g/mol. The van der Waals surface area contributed by atoms with E-state index >= 15 is 0 Å². The van der Waals surface area contributed by atoms with Gasteiger partial charge in [-0.05, 0) is 66.9 Å². The van der Waals surface area contributed by atoms with Gasteiger partial charge in [0.15, 0.2) is 6.61 Å². The van der Waals surface area contributed by atoms with Crippen LogP contribution in [0.5, 0.6) is 0 Å². The molecule has 7 heteroatoms. The van der Waals surface area contributed by atoms with Crippen LogP contribution in [0.25, 0.3) is 0 Å². The van der Waals surface area contributed by atoms with Gasteiger partial charge in [-0.1, -0.05) is 19.9 Å². The van der Waals surface area contributed by atoms with Gasteiger partial charge in [0, 0.05) is 25.7 Å². The summed E-state index contributed by atoms with van der Waals surface area (Å²) in [4.78, 5) is 35.5. The molecule has 0 aliphatic heterocycles. The summed E-state index contributed by atoms with van der Waals surface area (Å²) in [6.07, 6.45) is 6.94. The fourth-order valence-electron chi connectivity index (χ4n) is 7.45. The molecule has 0 aromatic carbocycles. The third-order valence-corrected chi connectivity index (χ3v) is 8.96. The van der Waals surface area contributed by atoms with Crippen molar-refractivity contribution < 1.29 is 34.1 Å². The maximum Gasteiger partial charge on any atom is 0.307 e. The van der Waals surface area contributed by atoms with Crippen molar-refractivity contribution in [3.05, 3.63) is 23.5 Å². The second kappa shape index (κ2) is 7.80. The molecule has 4 rings (SSSR count). The Morgan fingerprint density at radius 2 is 1.88 bits per heavy atom. The van der Waals surface area contributed by atoms with Crippen LogP contribution in [0, 0.1) is 28.6 Å². The highest BCUT2D eigenvalue weighted by Crippen LogP contribution is 2.67. The molecule has 2 N–H and O–H groups in total. The topological polar surface area (TPSA) is 110 Å². The molecule has 0 aromatic rings. The summed E-state index contributed by atoms with van der Waals surface area (Å²) < 4.78 is 10.2. The molecule has 4 aliphatic rings. The molecule has 5 unspecified atom stereocenters. The number of carbonyl (C=O) groups excluding carboxylic acids is 3. The molecule has 4 aliphatic carbocycles. The Labute approximate surface area is 188 Å². The Kier molecular flexibility index (Phi) is 5.65. The van der Waals surface area contributed by atoms with E-state index in [0.717, 1.165) is 18.4 Å². The second-order valence-electron chi connectivity index (χ2n) is 10.6. The normalized spacial score (nSPS) is 42.6. The monoisotopic (exact) mass is 446 g/mol. The number of aliphatic hydroxyl groups is 2. The van der Waals surface area contributed by atoms with Gasteiger partial charge in [-0.25, -0.2) is 0 Å². The minimum atomic E-state index is -1.61. The summed E-state index contributed by atoms with van der Waals surface area (Å²) >= 11 is 0. The predicted octanol–water partition coefficient (Wildman–Crippen LogP) is 2.84. The third kappa shape index (κ3) is 3.36. The number of aliphatic hydroxyl groups excluding tert-OH is 1. The Balaban J connectivity index is 1.64. The second-order valence-corrected chi connectivity index (χ2v) is 10.6. The molecule has 2 fully saturated rings. The van der Waals surface area contributed by atoms with Gasteiger partial charge >= 0.3 is 11.9 Å². The van der Waals surface area contributed by atoms with E-state index in [0.29, 0.717) is 31.4 Å². The fraction of sp³-hybridized carbons (Fsp3) is 0.720. The lowest BCUT2D eigenvalue weighted by atomic mass is 9.46. The van der Waals surface area contributed by atoms with E-state index in [-0.39, 0.29) is 29.1 Å². The summed E-state index contributed by atoms with van der Waals surface area (Å²) in [5.74, 6) is -0.476. The molecule has 32 heavy (non-hydrogen) atoms. The number of carbonyl (C=O) groups is 3. The lowest BCUT2D eigenvalue weighted by molar-refractivity contribution is -0.181. The van der Waals surface area contributed by atoms with Crippen LogP contribution in [-0.4, -0.2) is 46.2 Å². The van der Waals surface area contributed by atoms with E-state index in [1.807, 2.05) is 13.0 Å². The Morgan fingerprint density at radius 3 is 2.53 bits per heavy atom. The number of esters is 2. The molecule has 176 valence electrons. The highest BCUT2D eigenvalue weighted by atomic mass is 16.5. The number of rotatable bonds is 4. The first-order valence-electron chi connectivity index (χ1n) is 11.6. The third-order valence-electron chi connectivity index (χ3n) is 8.96. The van der Waals surface area contributed by atoms with Gasteiger partial charge in [0.2, 0.25) is 5.78 Å². The first-order chi connectivity index (χ1) is 14.9. The Morgan fingerprint density at radius 1 is 1.16 bits per heavy atom. The van der Waals surface area contributed by atoms with Crippen LogP contribution >= 0.6 is 0 Å². The molecular weight excluding hydrogens is 412 g/mol. The minimum absolute atomic E-state index is 0.00150. The van der Waals surface area contributed by atoms with Crippen molar-refractivity contribution in [3.8, 4) is 0 Å². The zero-order valence-electron chi connectivity index (χ0n) is 19.3. The van der Waals surface area contributed by atoms with E-state index in [2.05, 4.69) is 13.0 Å². The minimum Gasteiger partial charge on any atom is -0.458 e. The predicted molar refractivity (Wildman–Crippen MR) is 115 cm³/mol. The van der Waals surface area contributed by atoms with Crippen LogP contribution in [0.15, 0.2) is 23.5 Å². The summed E-state index contributed by atoms with van der Waals surface area (Å²) in [5.41, 5.74) is -1.54. The van der Waals surface area contributed by atoms with Gasteiger partial charge < -0.3 is 19.7 Å². The van der Waals surface area contributed by atoms with Crippen molar-refractivity contribution in [1.29, 1.82) is 0 Å². The van der Waals surface area contributed by atoms with Gasteiger partial charge in [-0.2, -0.15) is 0 Å². The van der Waals surface area contributed by atoms with Crippen LogP contribution in [0.4, 0.5) is 0 Å². The Bertz CT molecular complexity index is 904. The van der Waals surface area contributed by atoms with Crippen molar-refractivity contribution in [2.24, 2.45) is 28.6 Å². The van der Waals surface area contributed by atoms with Gasteiger partial charge in [0.25, 0.3) is 0 Å². The molecule has 7 nitrogen and oxygen atoms in total. The van der Waals surface area contributed by atoms with Crippen molar-refractivity contribution in [3.63, 3.8) is 0 Å². The first-order valence-corrected chi connectivity index (χ1v) is 11.6. The highest BCUT2D eigenvalue weighted by molar-refractivity contribution is 5.91. The van der Waals surface area contributed by atoms with Crippen molar-refractivity contribution in [2.45, 2.75) is 77.9 Å². The van der Waals surface area contributed by atoms with Crippen molar-refractivity contribution in [1.82, 2.24) is 0 Å². The highest BCUT2D eigenvalue weighted by Gasteiger charge is 2.68. The molecule has 0 saturated heterocycles. The van der Waals surface area contributed by atoms with Gasteiger partial charge in [-0.3, -0.25) is 14.4 Å². The summed E-state index contributed by atoms with van der Waals surface area (Å²) in [6.45, 7) is 6.29. The zero-order valence-corrected chi connectivity index (χ0v) is 19.3. The number of hydrogen-bond donors (Lipinski definition) is 2. The number of Topliss-reactive ketones (excluding diaryl/α,β-unsaturated/α-hetero) is 1. The number of allylic oxidation sites excluding steroid dienone is 4. The smallest absolute Gasteiger partial charge is 0.307 e. The number of ether oxygens (including phenoxy) is 2. The summed E-state index contributed by atoms with van der Waals surface area (Å²) in [6, 6.07) is 0. The van der Waals surface area contributed by atoms with Crippen LogP contribution in [0.2, 0.25) is 0 Å². The number of fused-ring (bicyclic) bond motifs is 5. The van der Waals surface area contributed by atoms with Gasteiger partial charge in [0.05, 0.1) is 6.10 Å². The van der Waals surface area contributed by atoms with E-state index in [1.54, 1.807) is 0 Å². The molecule has 0 amide bonds. The van der Waals surface area contributed by atoms with Crippen molar-refractivity contribution in [2.75, 3.05) is 6.61 Å². The van der Waals surface area contributed by atoms with Crippen LogP contribution in [0.3, 0.4) is 0 Å². The fourth-order valence-corrected chi connectivity index (χ4v) is 7.45. The molecule has 7 atom stereocenters. The number of hydrogen-bond acceptors (Lipinski definition) is 7. The number of ketones is 1. The quantitative estimate of drug-likeness (QED) is 0.639. The van der Waals surface area contributed by atoms with Crippen LogP contribution < -0.4 is 0 Å². The molecule has 0 aromatic heterocycles. The molecule has 2 saturated carbocycles. The molecule has 0 heterocycles. The first kappa shape index (κ1) is 23.2. The molecular formula is C25H34O7. The standard InChI is InChI=1S/C25H34O7/c1-14(26)31-13-21(29)25(30)10-8-19-18-6-5-16-11-17(32-15(2)27)7-9-23(16,3)22(18)20(28)12-24(19,25)4/h5,11,18-20,22,28,30H,6-10,12-13H2,1-4H3/t18?,19?,20-,22?,23?,24?,25+/m1/s1. The van der Waals surface area contributed by atoms with Crippen molar-refractivity contribution >= 4 is 17.7 Å². The zero-order chi connectivity index (χ0) is 23.5. The van der Waals surface area contributed by atoms with Crippen LogP contribution in [0.1, 0.15) is 66.2 Å². The summed E-state index contributed by atoms with van der Waals surface area (Å²) in [7, 11) is 0. The molecule has 0 spiro atoms. The SMILES string of the molecule is CC(=O)OCC(=O)[C@@]1(O)CCC2C3CC=C4C=C(OC(C)=O)CCC4(C)C3[C@H](O)CC21C. The van der Waals surface area contributed by atoms with E-state index in [1.165, 1.54) is 13.8 Å². The average Bonchev–Trinajstić information content (AvgIpc) is 2.97. The lowest BCUT2D eigenvalue weighted by Gasteiger charge is -2.59. The maximum atomic E-state index is 12.9.